The van der Waals surface area contributed by atoms with Gasteiger partial charge in [0.1, 0.15) is 0 Å². The zero-order chi connectivity index (χ0) is 23.2. The molecule has 3 nitrogen and oxygen atoms in total. The van der Waals surface area contributed by atoms with Crippen LogP contribution in [-0.4, -0.2) is 43.1 Å². The topological polar surface area (TPSA) is 35.5 Å². The molecule has 0 aliphatic carbocycles. The van der Waals surface area contributed by atoms with E-state index >= 15 is 0 Å². The summed E-state index contributed by atoms with van der Waals surface area (Å²) in [4.78, 5) is 10.9. The monoisotopic (exact) mass is 452 g/mol. The lowest BCUT2D eigenvalue weighted by Crippen LogP contribution is -2.61. The lowest BCUT2D eigenvalue weighted by atomic mass is 10.0. The molecular formula is C18H17F9O3. The van der Waals surface area contributed by atoms with Crippen LogP contribution >= 0.6 is 0 Å². The van der Waals surface area contributed by atoms with Gasteiger partial charge in [-0.2, -0.15) is 39.5 Å². The van der Waals surface area contributed by atoms with Crippen molar-refractivity contribution in [3.63, 3.8) is 0 Å². The van der Waals surface area contributed by atoms with Gasteiger partial charge in [-0.15, -0.1) is 0 Å². The molecule has 0 saturated heterocycles. The molecular weight excluding hydrogens is 435 g/mol. The average Bonchev–Trinajstić information content (AvgIpc) is 2.65. The molecule has 0 heterocycles. The Morgan fingerprint density at radius 1 is 0.867 bits per heavy atom. The highest BCUT2D eigenvalue weighted by Crippen LogP contribution is 2.53. The predicted octanol–water partition coefficient (Wildman–Crippen LogP) is 5.33. The summed E-state index contributed by atoms with van der Waals surface area (Å²) in [7, 11) is 0. The predicted molar refractivity (Wildman–Crippen MR) is 86.5 cm³/mol. The standard InChI is InChI=1S/C18H17F9O3/c1-2-14(28)30-9-7-12-3-5-13(6-4-12)11-29-10-8-15(19,20)16(21,22)17(23,24)18(25,26)27/h2-6H,1,7-11H2. The van der Waals surface area contributed by atoms with Crippen molar-refractivity contribution in [2.45, 2.75) is 43.4 Å². The van der Waals surface area contributed by atoms with Crippen LogP contribution in [0.5, 0.6) is 0 Å². The van der Waals surface area contributed by atoms with Crippen molar-refractivity contribution in [2.24, 2.45) is 0 Å². The summed E-state index contributed by atoms with van der Waals surface area (Å²) in [5.41, 5.74) is 1.13. The van der Waals surface area contributed by atoms with Crippen LogP contribution in [-0.2, 0) is 27.3 Å². The third-order valence-electron chi connectivity index (χ3n) is 3.86. The number of rotatable bonds is 11. The summed E-state index contributed by atoms with van der Waals surface area (Å²) in [6.45, 7) is 1.74. The lowest BCUT2D eigenvalue weighted by molar-refractivity contribution is -0.397. The summed E-state index contributed by atoms with van der Waals surface area (Å²) in [6.07, 6.45) is -7.54. The molecule has 1 aromatic rings. The van der Waals surface area contributed by atoms with Crippen LogP contribution in [0.15, 0.2) is 36.9 Å². The molecule has 0 aromatic heterocycles. The first kappa shape index (κ1) is 25.8. The Balaban J connectivity index is 2.54. The summed E-state index contributed by atoms with van der Waals surface area (Å²) >= 11 is 0. The Labute approximate surface area is 165 Å². The third kappa shape index (κ3) is 6.13. The number of carbonyl (C=O) groups excluding carboxylic acids is 1. The molecule has 0 bridgehead atoms. The van der Waals surface area contributed by atoms with Crippen LogP contribution in [0.2, 0.25) is 0 Å². The second-order valence-electron chi connectivity index (χ2n) is 6.09. The van der Waals surface area contributed by atoms with E-state index in [9.17, 15) is 44.3 Å². The maximum Gasteiger partial charge on any atom is 0.460 e. The zero-order valence-corrected chi connectivity index (χ0v) is 15.3. The minimum atomic E-state index is -6.90. The summed E-state index contributed by atoms with van der Waals surface area (Å²) in [5, 5.41) is 0. The van der Waals surface area contributed by atoms with Gasteiger partial charge < -0.3 is 9.47 Å². The Morgan fingerprint density at radius 2 is 1.40 bits per heavy atom. The highest BCUT2D eigenvalue weighted by atomic mass is 19.4. The van der Waals surface area contributed by atoms with Crippen LogP contribution in [0.1, 0.15) is 17.5 Å². The van der Waals surface area contributed by atoms with E-state index in [4.69, 9.17) is 9.47 Å². The molecule has 0 saturated carbocycles. The van der Waals surface area contributed by atoms with E-state index in [1.165, 1.54) is 12.1 Å². The molecule has 0 atom stereocenters. The molecule has 0 N–H and O–H groups in total. The first-order valence-electron chi connectivity index (χ1n) is 8.30. The average molecular weight is 452 g/mol. The van der Waals surface area contributed by atoms with E-state index in [-0.39, 0.29) is 13.2 Å². The fourth-order valence-electron chi connectivity index (χ4n) is 2.09. The number of esters is 1. The van der Waals surface area contributed by atoms with Crippen molar-refractivity contribution in [1.82, 2.24) is 0 Å². The van der Waals surface area contributed by atoms with E-state index in [0.29, 0.717) is 12.0 Å². The van der Waals surface area contributed by atoms with Gasteiger partial charge in [-0.1, -0.05) is 30.8 Å². The molecule has 30 heavy (non-hydrogen) atoms. The van der Waals surface area contributed by atoms with Gasteiger partial charge in [0.15, 0.2) is 0 Å². The summed E-state index contributed by atoms with van der Waals surface area (Å²) in [6, 6.07) is 6.12. The van der Waals surface area contributed by atoms with Crippen LogP contribution in [0, 0.1) is 0 Å². The third-order valence-corrected chi connectivity index (χ3v) is 3.86. The van der Waals surface area contributed by atoms with E-state index in [2.05, 4.69) is 6.58 Å². The number of hydrogen-bond acceptors (Lipinski definition) is 3. The first-order chi connectivity index (χ1) is 13.7. The van der Waals surface area contributed by atoms with Crippen LogP contribution in [0.4, 0.5) is 39.5 Å². The van der Waals surface area contributed by atoms with Crippen molar-refractivity contribution < 1.29 is 53.8 Å². The second-order valence-corrected chi connectivity index (χ2v) is 6.09. The van der Waals surface area contributed by atoms with Crippen molar-refractivity contribution in [2.75, 3.05) is 13.2 Å². The van der Waals surface area contributed by atoms with Gasteiger partial charge in [-0.05, 0) is 11.1 Å². The molecule has 1 rings (SSSR count). The minimum absolute atomic E-state index is 0.0759. The molecule has 0 radical (unpaired) electrons. The molecule has 170 valence electrons. The zero-order valence-electron chi connectivity index (χ0n) is 15.3. The fourth-order valence-corrected chi connectivity index (χ4v) is 2.09. The molecule has 0 amide bonds. The van der Waals surface area contributed by atoms with E-state index in [0.717, 1.165) is 11.6 Å². The van der Waals surface area contributed by atoms with Crippen LogP contribution < -0.4 is 0 Å². The van der Waals surface area contributed by atoms with Crippen LogP contribution in [0.3, 0.4) is 0 Å². The van der Waals surface area contributed by atoms with Gasteiger partial charge in [-0.3, -0.25) is 0 Å². The van der Waals surface area contributed by atoms with Crippen LogP contribution in [0.25, 0.3) is 0 Å². The molecule has 0 aliphatic rings. The molecule has 0 fully saturated rings. The van der Waals surface area contributed by atoms with E-state index < -0.39 is 42.9 Å². The molecule has 0 unspecified atom stereocenters. The SMILES string of the molecule is C=CC(=O)OCCc1ccc(COCCC(F)(F)C(F)(F)C(F)(F)C(F)(F)F)cc1. The van der Waals surface area contributed by atoms with E-state index in [1.54, 1.807) is 12.1 Å². The van der Waals surface area contributed by atoms with Crippen molar-refractivity contribution >= 4 is 5.97 Å². The quantitative estimate of drug-likeness (QED) is 0.197. The van der Waals surface area contributed by atoms with Gasteiger partial charge in [0.05, 0.1) is 19.8 Å². The van der Waals surface area contributed by atoms with Crippen molar-refractivity contribution in [1.29, 1.82) is 0 Å². The summed E-state index contributed by atoms with van der Waals surface area (Å²) < 4.78 is 124. The Hall–Kier alpha value is -2.24. The number of halogens is 9. The Morgan fingerprint density at radius 3 is 1.90 bits per heavy atom. The molecule has 12 heteroatoms. The first-order valence-corrected chi connectivity index (χ1v) is 8.30. The molecule has 1 aromatic carbocycles. The summed E-state index contributed by atoms with van der Waals surface area (Å²) in [5.74, 6) is -19.8. The maximum absolute atomic E-state index is 13.4. The highest BCUT2D eigenvalue weighted by molar-refractivity contribution is 5.81. The number of hydrogen-bond donors (Lipinski definition) is 0. The number of carbonyl (C=O) groups is 1. The minimum Gasteiger partial charge on any atom is -0.462 e. The van der Waals surface area contributed by atoms with E-state index in [1.807, 2.05) is 0 Å². The molecule has 0 spiro atoms. The number of benzene rings is 1. The van der Waals surface area contributed by atoms with Gasteiger partial charge in [-0.25, -0.2) is 4.79 Å². The Kier molecular flexibility index (Phi) is 8.35. The number of ether oxygens (including phenoxy) is 2. The Bertz CT molecular complexity index is 713. The highest BCUT2D eigenvalue weighted by Gasteiger charge is 2.81. The largest absolute Gasteiger partial charge is 0.462 e. The second kappa shape index (κ2) is 9.71. The van der Waals surface area contributed by atoms with Gasteiger partial charge in [0.25, 0.3) is 0 Å². The fraction of sp³-hybridized carbons (Fsp3) is 0.500. The lowest BCUT2D eigenvalue weighted by Gasteiger charge is -2.33. The van der Waals surface area contributed by atoms with Gasteiger partial charge >= 0.3 is 29.9 Å². The normalized spacial score (nSPS) is 13.2. The smallest absolute Gasteiger partial charge is 0.460 e. The van der Waals surface area contributed by atoms with Crippen molar-refractivity contribution in [3.05, 3.63) is 48.0 Å². The van der Waals surface area contributed by atoms with Gasteiger partial charge in [0, 0.05) is 18.9 Å². The van der Waals surface area contributed by atoms with Gasteiger partial charge in [0.2, 0.25) is 0 Å². The molecule has 0 aliphatic heterocycles. The number of alkyl halides is 9. The van der Waals surface area contributed by atoms with Crippen molar-refractivity contribution in [3.8, 4) is 0 Å². The maximum atomic E-state index is 13.4.